The normalized spacial score (nSPS) is 14.4. The van der Waals surface area contributed by atoms with Crippen molar-refractivity contribution in [3.05, 3.63) is 71.7 Å². The van der Waals surface area contributed by atoms with Crippen molar-refractivity contribution in [3.63, 3.8) is 0 Å². The highest BCUT2D eigenvalue weighted by molar-refractivity contribution is 5.95. The number of benzene rings is 2. The van der Waals surface area contributed by atoms with Crippen LogP contribution in [0.3, 0.4) is 0 Å². The van der Waals surface area contributed by atoms with Crippen LogP contribution in [-0.2, 0) is 0 Å². The molecule has 6 heteroatoms. The summed E-state index contributed by atoms with van der Waals surface area (Å²) in [6.45, 7) is 3.44. The molecule has 0 atom stereocenters. The minimum atomic E-state index is -0.413. The number of amides is 1. The van der Waals surface area contributed by atoms with E-state index in [2.05, 4.69) is 4.98 Å². The van der Waals surface area contributed by atoms with Crippen molar-refractivity contribution in [1.29, 1.82) is 0 Å². The number of carbonyl (C=O) groups is 2. The van der Waals surface area contributed by atoms with Crippen molar-refractivity contribution < 1.29 is 14.0 Å². The van der Waals surface area contributed by atoms with E-state index in [-0.39, 0.29) is 11.7 Å². The molecule has 1 amide bonds. The van der Waals surface area contributed by atoms with Gasteiger partial charge in [0.1, 0.15) is 11.5 Å². The smallest absolute Gasteiger partial charge is 0.272 e. The summed E-state index contributed by atoms with van der Waals surface area (Å²) < 4.78 is 14.4. The molecular formula is C22H20FN3O2. The Bertz CT molecular complexity index is 1060. The second-order valence-corrected chi connectivity index (χ2v) is 6.89. The molecule has 4 rings (SSSR count). The maximum absolute atomic E-state index is 14.4. The Balaban J connectivity index is 1.46. The second kappa shape index (κ2) is 7.38. The first-order valence-electron chi connectivity index (χ1n) is 9.23. The first-order valence-corrected chi connectivity index (χ1v) is 9.23. The third kappa shape index (κ3) is 3.45. The molecule has 0 spiro atoms. The molecule has 1 aliphatic heterocycles. The zero-order valence-electron chi connectivity index (χ0n) is 15.6. The van der Waals surface area contributed by atoms with E-state index in [9.17, 15) is 14.0 Å². The predicted molar refractivity (Wildman–Crippen MR) is 106 cm³/mol. The van der Waals surface area contributed by atoms with Gasteiger partial charge in [0.05, 0.1) is 11.2 Å². The lowest BCUT2D eigenvalue weighted by atomic mass is 10.1. The fourth-order valence-electron chi connectivity index (χ4n) is 3.48. The summed E-state index contributed by atoms with van der Waals surface area (Å²) in [5.41, 5.74) is 2.03. The highest BCUT2D eigenvalue weighted by atomic mass is 19.1. The quantitative estimate of drug-likeness (QED) is 0.655. The number of pyridine rings is 1. The Morgan fingerprint density at radius 1 is 0.964 bits per heavy atom. The molecule has 2 aromatic carbocycles. The first-order chi connectivity index (χ1) is 13.5. The van der Waals surface area contributed by atoms with Crippen LogP contribution in [0.5, 0.6) is 0 Å². The lowest BCUT2D eigenvalue weighted by Gasteiger charge is -2.36. The number of hydrogen-bond donors (Lipinski definition) is 0. The highest BCUT2D eigenvalue weighted by Gasteiger charge is 2.24. The van der Waals surface area contributed by atoms with Gasteiger partial charge in [-0.2, -0.15) is 0 Å². The fourth-order valence-corrected chi connectivity index (χ4v) is 3.48. The molecule has 0 saturated carbocycles. The Morgan fingerprint density at radius 2 is 1.71 bits per heavy atom. The topological polar surface area (TPSA) is 53.5 Å². The van der Waals surface area contributed by atoms with E-state index in [0.717, 1.165) is 10.9 Å². The summed E-state index contributed by atoms with van der Waals surface area (Å²) in [7, 11) is 0. The number of rotatable bonds is 3. The number of hydrogen-bond acceptors (Lipinski definition) is 4. The van der Waals surface area contributed by atoms with Crippen LogP contribution >= 0.6 is 0 Å². The number of aromatic nitrogens is 1. The van der Waals surface area contributed by atoms with Crippen molar-refractivity contribution >= 4 is 28.3 Å². The van der Waals surface area contributed by atoms with Gasteiger partial charge < -0.3 is 9.80 Å². The van der Waals surface area contributed by atoms with Gasteiger partial charge in [-0.05, 0) is 37.3 Å². The Morgan fingerprint density at radius 3 is 2.43 bits per heavy atom. The molecule has 3 aromatic rings. The van der Waals surface area contributed by atoms with E-state index < -0.39 is 5.82 Å². The standard InChI is InChI=1S/C22H20FN3O2/c1-15(27)17-7-9-21(18(23)14-17)25-10-12-26(13-11-25)22(28)20-8-6-16-4-2-3-5-19(16)24-20/h2-9,14H,10-13H2,1H3. The maximum atomic E-state index is 14.4. The van der Waals surface area contributed by atoms with Crippen molar-refractivity contribution in [1.82, 2.24) is 9.88 Å². The van der Waals surface area contributed by atoms with Crippen LogP contribution in [0, 0.1) is 5.82 Å². The molecule has 0 unspecified atom stereocenters. The lowest BCUT2D eigenvalue weighted by Crippen LogP contribution is -2.49. The maximum Gasteiger partial charge on any atom is 0.272 e. The van der Waals surface area contributed by atoms with Crippen LogP contribution < -0.4 is 4.90 Å². The van der Waals surface area contributed by atoms with E-state index in [1.165, 1.54) is 13.0 Å². The number of halogens is 1. The number of ketones is 1. The number of para-hydroxylation sites is 1. The Kier molecular flexibility index (Phi) is 4.77. The molecular weight excluding hydrogens is 357 g/mol. The average Bonchev–Trinajstić information content (AvgIpc) is 2.73. The molecule has 0 bridgehead atoms. The molecule has 5 nitrogen and oxygen atoms in total. The predicted octanol–water partition coefficient (Wildman–Crippen LogP) is 3.54. The summed E-state index contributed by atoms with van der Waals surface area (Å²) in [4.78, 5) is 32.3. The van der Waals surface area contributed by atoms with Gasteiger partial charge in [-0.3, -0.25) is 9.59 Å². The van der Waals surface area contributed by atoms with Crippen LogP contribution in [0.1, 0.15) is 27.8 Å². The molecule has 142 valence electrons. The fraction of sp³-hybridized carbons (Fsp3) is 0.227. The van der Waals surface area contributed by atoms with Crippen molar-refractivity contribution in [3.8, 4) is 0 Å². The number of Topliss-reactive ketones (excluding diaryl/α,β-unsaturated/α-hetero) is 1. The van der Waals surface area contributed by atoms with Gasteiger partial charge in [0.15, 0.2) is 5.78 Å². The first kappa shape index (κ1) is 18.1. The van der Waals surface area contributed by atoms with Crippen LogP contribution in [0.15, 0.2) is 54.6 Å². The summed E-state index contributed by atoms with van der Waals surface area (Å²) in [6, 6.07) is 15.9. The van der Waals surface area contributed by atoms with Crippen molar-refractivity contribution in [2.45, 2.75) is 6.92 Å². The molecule has 2 heterocycles. The van der Waals surface area contributed by atoms with Gasteiger partial charge in [0.25, 0.3) is 5.91 Å². The zero-order chi connectivity index (χ0) is 19.7. The van der Waals surface area contributed by atoms with Crippen molar-refractivity contribution in [2.75, 3.05) is 31.1 Å². The van der Waals surface area contributed by atoms with Crippen LogP contribution in [0.4, 0.5) is 10.1 Å². The third-order valence-corrected chi connectivity index (χ3v) is 5.08. The van der Waals surface area contributed by atoms with Gasteiger partial charge in [-0.25, -0.2) is 9.37 Å². The summed E-state index contributed by atoms with van der Waals surface area (Å²) >= 11 is 0. The van der Waals surface area contributed by atoms with Crippen LogP contribution in [0.2, 0.25) is 0 Å². The lowest BCUT2D eigenvalue weighted by molar-refractivity contribution is 0.0741. The Hall–Kier alpha value is -3.28. The number of piperazine rings is 1. The molecule has 1 aliphatic rings. The number of anilines is 1. The molecule has 1 saturated heterocycles. The molecule has 0 radical (unpaired) electrons. The second-order valence-electron chi connectivity index (χ2n) is 6.89. The van der Waals surface area contributed by atoms with Crippen LogP contribution in [0.25, 0.3) is 10.9 Å². The number of carbonyl (C=O) groups excluding carboxylic acids is 2. The average molecular weight is 377 g/mol. The largest absolute Gasteiger partial charge is 0.366 e. The molecule has 1 aromatic heterocycles. The molecule has 28 heavy (non-hydrogen) atoms. The molecule has 0 aliphatic carbocycles. The highest BCUT2D eigenvalue weighted by Crippen LogP contribution is 2.23. The van der Waals surface area contributed by atoms with Gasteiger partial charge in [0.2, 0.25) is 0 Å². The molecule has 1 fully saturated rings. The van der Waals surface area contributed by atoms with E-state index in [1.54, 1.807) is 23.1 Å². The van der Waals surface area contributed by atoms with E-state index in [1.807, 2.05) is 35.2 Å². The minimum Gasteiger partial charge on any atom is -0.366 e. The van der Waals surface area contributed by atoms with Crippen molar-refractivity contribution in [2.24, 2.45) is 0 Å². The third-order valence-electron chi connectivity index (χ3n) is 5.08. The Labute approximate surface area is 162 Å². The minimum absolute atomic E-state index is 0.113. The van der Waals surface area contributed by atoms with Crippen LogP contribution in [-0.4, -0.2) is 47.8 Å². The van der Waals surface area contributed by atoms with Gasteiger partial charge >= 0.3 is 0 Å². The van der Waals surface area contributed by atoms with E-state index in [0.29, 0.717) is 43.1 Å². The summed E-state index contributed by atoms with van der Waals surface area (Å²) in [5.74, 6) is -0.690. The summed E-state index contributed by atoms with van der Waals surface area (Å²) in [6.07, 6.45) is 0. The molecule has 0 N–H and O–H groups in total. The number of nitrogens with zero attached hydrogens (tertiary/aromatic N) is 3. The number of fused-ring (bicyclic) bond motifs is 1. The van der Waals surface area contributed by atoms with E-state index >= 15 is 0 Å². The van der Waals surface area contributed by atoms with Gasteiger partial charge in [-0.15, -0.1) is 0 Å². The van der Waals surface area contributed by atoms with Gasteiger partial charge in [-0.1, -0.05) is 24.3 Å². The summed E-state index contributed by atoms with van der Waals surface area (Å²) in [5, 5.41) is 0.994. The zero-order valence-corrected chi connectivity index (χ0v) is 15.6. The van der Waals surface area contributed by atoms with E-state index in [4.69, 9.17) is 0 Å². The van der Waals surface area contributed by atoms with Gasteiger partial charge in [0, 0.05) is 37.1 Å². The monoisotopic (exact) mass is 377 g/mol. The SMILES string of the molecule is CC(=O)c1ccc(N2CCN(C(=O)c3ccc4ccccc4n3)CC2)c(F)c1.